The van der Waals surface area contributed by atoms with E-state index >= 15 is 0 Å². The Morgan fingerprint density at radius 2 is 1.65 bits per heavy atom. The van der Waals surface area contributed by atoms with Gasteiger partial charge >= 0.3 is 0 Å². The zero-order valence-corrected chi connectivity index (χ0v) is 14.1. The maximum Gasteiger partial charge on any atom is 0.113 e. The first-order valence-electron chi connectivity index (χ1n) is 8.70. The summed E-state index contributed by atoms with van der Waals surface area (Å²) in [5, 5.41) is 39.7. The van der Waals surface area contributed by atoms with Gasteiger partial charge in [-0.15, -0.1) is 0 Å². The van der Waals surface area contributed by atoms with Crippen molar-refractivity contribution in [2.24, 2.45) is 0 Å². The van der Waals surface area contributed by atoms with Crippen LogP contribution >= 0.6 is 0 Å². The molecule has 6 heteroatoms. The summed E-state index contributed by atoms with van der Waals surface area (Å²) in [6, 6.07) is 15.5. The zero-order chi connectivity index (χ0) is 18.3. The van der Waals surface area contributed by atoms with Gasteiger partial charge in [-0.3, -0.25) is 0 Å². The summed E-state index contributed by atoms with van der Waals surface area (Å²) in [6.07, 6.45) is -6.00. The van der Waals surface area contributed by atoms with Gasteiger partial charge in [-0.25, -0.2) is 0 Å². The number of aliphatic hydroxyl groups excluding tert-OH is 4. The second-order valence-electron chi connectivity index (χ2n) is 6.81. The molecule has 1 fully saturated rings. The molecule has 0 bridgehead atoms. The predicted octanol–water partition coefficient (Wildman–Crippen LogP) is 0.821. The Balaban J connectivity index is 1.67. The first-order valence-corrected chi connectivity index (χ1v) is 8.70. The van der Waals surface area contributed by atoms with Crippen molar-refractivity contribution < 1.29 is 29.9 Å². The Kier molecular flexibility index (Phi) is 4.79. The van der Waals surface area contributed by atoms with E-state index < -0.39 is 37.1 Å². The lowest BCUT2D eigenvalue weighted by atomic mass is 9.89. The third-order valence-electron chi connectivity index (χ3n) is 5.18. The molecule has 2 aromatic rings. The van der Waals surface area contributed by atoms with Crippen LogP contribution in [0.1, 0.15) is 34.5 Å². The Morgan fingerprint density at radius 3 is 2.38 bits per heavy atom. The van der Waals surface area contributed by atoms with Crippen LogP contribution < -0.4 is 0 Å². The van der Waals surface area contributed by atoms with Crippen molar-refractivity contribution >= 4 is 0 Å². The minimum Gasteiger partial charge on any atom is -0.394 e. The summed E-state index contributed by atoms with van der Waals surface area (Å²) < 4.78 is 11.6. The molecule has 0 aliphatic carbocycles. The molecule has 6 nitrogen and oxygen atoms in total. The molecule has 0 aromatic heterocycles. The molecule has 6 atom stereocenters. The molecular weight excluding hydrogens is 336 g/mol. The standard InChI is InChI=1S/C20H22O6/c21-9-15-16(22)17(23)18(24)20(26-15)12-6-7-13-10-25-19(14(13)8-12)11-4-2-1-3-5-11/h1-8,15-24H,9-10H2/t15-,16-,17+,18-,19?,20+/m1/s1. The highest BCUT2D eigenvalue weighted by Gasteiger charge is 2.44. The van der Waals surface area contributed by atoms with Crippen molar-refractivity contribution in [3.8, 4) is 0 Å². The summed E-state index contributed by atoms with van der Waals surface area (Å²) in [5.74, 6) is 0. The predicted molar refractivity (Wildman–Crippen MR) is 92.2 cm³/mol. The molecule has 2 heterocycles. The highest BCUT2D eigenvalue weighted by atomic mass is 16.5. The molecule has 0 spiro atoms. The van der Waals surface area contributed by atoms with Gasteiger partial charge in [0.05, 0.1) is 13.2 Å². The van der Waals surface area contributed by atoms with Crippen molar-refractivity contribution in [2.75, 3.05) is 6.61 Å². The largest absolute Gasteiger partial charge is 0.394 e. The summed E-state index contributed by atoms with van der Waals surface area (Å²) in [4.78, 5) is 0. The summed E-state index contributed by atoms with van der Waals surface area (Å²) in [6.45, 7) is 0.0615. The third kappa shape index (κ3) is 2.95. The molecule has 2 aromatic carbocycles. The molecule has 0 radical (unpaired) electrons. The fourth-order valence-electron chi connectivity index (χ4n) is 3.71. The summed E-state index contributed by atoms with van der Waals surface area (Å²) in [7, 11) is 0. The quantitative estimate of drug-likeness (QED) is 0.648. The van der Waals surface area contributed by atoms with Crippen LogP contribution in [0.25, 0.3) is 0 Å². The minimum absolute atomic E-state index is 0.198. The average Bonchev–Trinajstić information content (AvgIpc) is 3.10. The number of benzene rings is 2. The Labute approximate surface area is 151 Å². The van der Waals surface area contributed by atoms with Gasteiger partial charge in [0.1, 0.15) is 36.6 Å². The van der Waals surface area contributed by atoms with E-state index in [-0.39, 0.29) is 6.10 Å². The third-order valence-corrected chi connectivity index (χ3v) is 5.18. The monoisotopic (exact) mass is 358 g/mol. The fraction of sp³-hybridized carbons (Fsp3) is 0.400. The summed E-state index contributed by atoms with van der Waals surface area (Å²) >= 11 is 0. The van der Waals surface area contributed by atoms with E-state index in [1.165, 1.54) is 0 Å². The lowest BCUT2D eigenvalue weighted by molar-refractivity contribution is -0.231. The number of hydrogen-bond donors (Lipinski definition) is 4. The smallest absolute Gasteiger partial charge is 0.113 e. The van der Waals surface area contributed by atoms with E-state index in [9.17, 15) is 20.4 Å². The van der Waals surface area contributed by atoms with Gasteiger partial charge in [-0.05, 0) is 28.3 Å². The molecular formula is C20H22O6. The average molecular weight is 358 g/mol. The van der Waals surface area contributed by atoms with Gasteiger partial charge in [0, 0.05) is 0 Å². The summed E-state index contributed by atoms with van der Waals surface area (Å²) in [5.41, 5.74) is 3.77. The maximum absolute atomic E-state index is 10.4. The molecule has 26 heavy (non-hydrogen) atoms. The lowest BCUT2D eigenvalue weighted by Gasteiger charge is -2.40. The highest BCUT2D eigenvalue weighted by molar-refractivity contribution is 5.42. The molecule has 2 aliphatic rings. The van der Waals surface area contributed by atoms with Gasteiger partial charge in [0.2, 0.25) is 0 Å². The molecule has 138 valence electrons. The number of aliphatic hydroxyl groups is 4. The Morgan fingerprint density at radius 1 is 0.885 bits per heavy atom. The van der Waals surface area contributed by atoms with Crippen LogP contribution in [0.5, 0.6) is 0 Å². The number of hydrogen-bond acceptors (Lipinski definition) is 6. The van der Waals surface area contributed by atoms with Gasteiger partial charge in [0.15, 0.2) is 0 Å². The van der Waals surface area contributed by atoms with Gasteiger partial charge in [-0.1, -0.05) is 42.5 Å². The SMILES string of the molecule is OC[C@H]1O[C@@H](c2ccc3c(c2)C(c2ccccc2)OC3)[C@H](O)[C@@H](O)[C@@H]1O. The van der Waals surface area contributed by atoms with Crippen LogP contribution in [0, 0.1) is 0 Å². The van der Waals surface area contributed by atoms with Crippen molar-refractivity contribution in [3.63, 3.8) is 0 Å². The minimum atomic E-state index is -1.39. The highest BCUT2D eigenvalue weighted by Crippen LogP contribution is 2.39. The molecule has 1 saturated heterocycles. The van der Waals surface area contributed by atoms with E-state index in [4.69, 9.17) is 9.47 Å². The number of ether oxygens (including phenoxy) is 2. The topological polar surface area (TPSA) is 99.4 Å². The van der Waals surface area contributed by atoms with Gasteiger partial charge in [-0.2, -0.15) is 0 Å². The van der Waals surface area contributed by atoms with Crippen molar-refractivity contribution in [3.05, 3.63) is 70.8 Å². The molecule has 2 aliphatic heterocycles. The molecule has 4 rings (SSSR count). The van der Waals surface area contributed by atoms with Crippen LogP contribution in [0.2, 0.25) is 0 Å². The molecule has 0 amide bonds. The molecule has 0 saturated carbocycles. The second-order valence-corrected chi connectivity index (χ2v) is 6.81. The van der Waals surface area contributed by atoms with Crippen LogP contribution in [0.4, 0.5) is 0 Å². The zero-order valence-electron chi connectivity index (χ0n) is 14.1. The van der Waals surface area contributed by atoms with Crippen LogP contribution in [-0.4, -0.2) is 51.4 Å². The number of fused-ring (bicyclic) bond motifs is 1. The first kappa shape index (κ1) is 17.6. The van der Waals surface area contributed by atoms with E-state index in [0.717, 1.165) is 16.7 Å². The lowest BCUT2D eigenvalue weighted by Crippen LogP contribution is -2.55. The van der Waals surface area contributed by atoms with E-state index in [2.05, 4.69) is 0 Å². The van der Waals surface area contributed by atoms with Crippen molar-refractivity contribution in [1.82, 2.24) is 0 Å². The van der Waals surface area contributed by atoms with Crippen molar-refractivity contribution in [1.29, 1.82) is 0 Å². The van der Waals surface area contributed by atoms with E-state index in [1.54, 1.807) is 0 Å². The normalized spacial score (nSPS) is 33.8. The Hall–Kier alpha value is -1.80. The van der Waals surface area contributed by atoms with E-state index in [0.29, 0.717) is 12.2 Å². The maximum atomic E-state index is 10.4. The van der Waals surface area contributed by atoms with Crippen LogP contribution in [0.3, 0.4) is 0 Å². The van der Waals surface area contributed by atoms with Crippen LogP contribution in [-0.2, 0) is 16.1 Å². The number of rotatable bonds is 3. The molecule has 1 unspecified atom stereocenters. The second kappa shape index (κ2) is 7.08. The fourth-order valence-corrected chi connectivity index (χ4v) is 3.71. The Bertz CT molecular complexity index is 762. The molecule has 4 N–H and O–H groups in total. The van der Waals surface area contributed by atoms with Crippen molar-refractivity contribution in [2.45, 2.75) is 43.2 Å². The van der Waals surface area contributed by atoms with Gasteiger partial charge < -0.3 is 29.9 Å². The van der Waals surface area contributed by atoms with Crippen LogP contribution in [0.15, 0.2) is 48.5 Å². The first-order chi connectivity index (χ1) is 12.6. The van der Waals surface area contributed by atoms with E-state index in [1.807, 2.05) is 48.5 Å². The van der Waals surface area contributed by atoms with Gasteiger partial charge in [0.25, 0.3) is 0 Å².